The molecule has 7 rings (SSSR count). The number of aromatic nitrogens is 6. The Morgan fingerprint density at radius 1 is 1.22 bits per heavy atom. The number of nitrogens with one attached hydrogen (secondary N) is 1. The maximum Gasteiger partial charge on any atom is 0.266 e. The van der Waals surface area contributed by atoms with E-state index in [1.807, 2.05) is 26.0 Å². The van der Waals surface area contributed by atoms with Crippen LogP contribution < -0.4 is 16.2 Å². The number of fused-ring (bicyclic) bond motifs is 3. The van der Waals surface area contributed by atoms with Crippen molar-refractivity contribution in [2.45, 2.75) is 19.3 Å². The second-order valence-electron chi connectivity index (χ2n) is 9.74. The molecule has 1 saturated carbocycles. The normalized spacial score (nSPS) is 23.2. The summed E-state index contributed by atoms with van der Waals surface area (Å²) in [5.74, 6) is 1.45. The van der Waals surface area contributed by atoms with Crippen LogP contribution in [0.25, 0.3) is 32.5 Å². The van der Waals surface area contributed by atoms with Gasteiger partial charge < -0.3 is 10.6 Å². The minimum atomic E-state index is -0.156. The van der Waals surface area contributed by atoms with E-state index in [9.17, 15) is 4.79 Å². The average Bonchev–Trinajstić information content (AvgIpc) is 3.46. The van der Waals surface area contributed by atoms with Crippen LogP contribution in [0.2, 0.25) is 5.02 Å². The molecule has 0 radical (unpaired) electrons. The molecule has 1 aliphatic carbocycles. The predicted octanol–water partition coefficient (Wildman–Crippen LogP) is 3.62. The van der Waals surface area contributed by atoms with E-state index in [-0.39, 0.29) is 11.0 Å². The Kier molecular flexibility index (Phi) is 4.70. The van der Waals surface area contributed by atoms with Crippen LogP contribution in [0.1, 0.15) is 15.7 Å². The van der Waals surface area contributed by atoms with E-state index in [1.54, 1.807) is 23.0 Å². The molecule has 1 saturated heterocycles. The Morgan fingerprint density at radius 2 is 2.00 bits per heavy atom. The Bertz CT molecular complexity index is 1740. The third-order valence-corrected chi connectivity index (χ3v) is 10.5. The fourth-order valence-corrected chi connectivity index (χ4v) is 8.31. The molecule has 2 fully saturated rings. The van der Waals surface area contributed by atoms with Crippen LogP contribution in [0.3, 0.4) is 0 Å². The summed E-state index contributed by atoms with van der Waals surface area (Å²) in [6.07, 6.45) is 0. The van der Waals surface area contributed by atoms with Gasteiger partial charge in [-0.2, -0.15) is 10.1 Å². The van der Waals surface area contributed by atoms with Crippen LogP contribution in [0.4, 0.5) is 5.95 Å². The van der Waals surface area contributed by atoms with Gasteiger partial charge in [0.2, 0.25) is 5.95 Å². The first-order valence-electron chi connectivity index (χ1n) is 11.7. The van der Waals surface area contributed by atoms with Crippen LogP contribution in [-0.4, -0.2) is 49.4 Å². The Morgan fingerprint density at radius 3 is 2.69 bits per heavy atom. The molecule has 5 aromatic rings. The molecule has 3 atom stereocenters. The summed E-state index contributed by atoms with van der Waals surface area (Å²) in [4.78, 5) is 29.9. The van der Waals surface area contributed by atoms with E-state index in [2.05, 4.69) is 25.5 Å². The molecule has 184 valence electrons. The monoisotopic (exact) mass is 538 g/mol. The number of aryl methyl sites for hydroxylation is 2. The van der Waals surface area contributed by atoms with Crippen molar-refractivity contribution in [3.05, 3.63) is 48.6 Å². The zero-order valence-corrected chi connectivity index (χ0v) is 22.3. The summed E-state index contributed by atoms with van der Waals surface area (Å²) in [6.45, 7) is 6.14. The van der Waals surface area contributed by atoms with Gasteiger partial charge in [-0.3, -0.25) is 14.5 Å². The highest BCUT2D eigenvalue weighted by molar-refractivity contribution is 7.19. The zero-order valence-electron chi connectivity index (χ0n) is 19.9. The van der Waals surface area contributed by atoms with Gasteiger partial charge in [0.05, 0.1) is 20.2 Å². The number of aromatic amines is 1. The molecule has 1 unspecified atom stereocenters. The largest absolute Gasteiger partial charge is 0.341 e. The number of anilines is 1. The molecule has 1 aromatic carbocycles. The summed E-state index contributed by atoms with van der Waals surface area (Å²) in [5, 5.41) is 12.6. The van der Waals surface area contributed by atoms with Gasteiger partial charge in [-0.05, 0) is 37.8 Å². The lowest BCUT2D eigenvalue weighted by atomic mass is 10.0. The molecule has 12 heteroatoms. The van der Waals surface area contributed by atoms with E-state index in [1.165, 1.54) is 11.3 Å². The molecule has 0 bridgehead atoms. The smallest absolute Gasteiger partial charge is 0.266 e. The Labute approximate surface area is 219 Å². The van der Waals surface area contributed by atoms with Crippen molar-refractivity contribution in [3.63, 3.8) is 0 Å². The maximum atomic E-state index is 13.6. The first-order chi connectivity index (χ1) is 17.3. The molecule has 2 aliphatic rings. The third-order valence-electron chi connectivity index (χ3n) is 7.81. The lowest BCUT2D eigenvalue weighted by molar-refractivity contribution is 0.542. The van der Waals surface area contributed by atoms with Crippen LogP contribution in [0.15, 0.2) is 22.3 Å². The van der Waals surface area contributed by atoms with Crippen molar-refractivity contribution in [3.8, 4) is 11.3 Å². The number of benzene rings is 1. The summed E-state index contributed by atoms with van der Waals surface area (Å²) in [5.41, 5.74) is 9.60. The number of rotatable bonds is 4. The van der Waals surface area contributed by atoms with Gasteiger partial charge in [-0.15, -0.1) is 22.7 Å². The first-order valence-corrected chi connectivity index (χ1v) is 13.8. The van der Waals surface area contributed by atoms with Crippen molar-refractivity contribution >= 4 is 61.5 Å². The number of nitrogens with zero attached hydrogens (tertiary/aromatic N) is 6. The maximum absolute atomic E-state index is 13.6. The standard InChI is InChI=1S/C24H23ClN8OS2/c1-10-8-35-22(27-10)24(9-26)13-6-33(7-14(13)24)23-29-20-16(21(34)32(23)3)18(30-31-20)12-4-5-15-19(17(12)25)36-11(2)28-15/h4-5,8,13-14H,6-7,9,26H2,1-3H3,(H,30,31)/t13-,14+,24?. The van der Waals surface area contributed by atoms with Crippen molar-refractivity contribution < 1.29 is 0 Å². The van der Waals surface area contributed by atoms with Crippen molar-refractivity contribution in [2.75, 3.05) is 24.5 Å². The van der Waals surface area contributed by atoms with Gasteiger partial charge in [0.15, 0.2) is 5.65 Å². The van der Waals surface area contributed by atoms with Gasteiger partial charge in [0.1, 0.15) is 16.1 Å². The number of thiazole rings is 2. The molecule has 36 heavy (non-hydrogen) atoms. The Balaban J connectivity index is 1.26. The van der Waals surface area contributed by atoms with E-state index in [4.69, 9.17) is 27.3 Å². The van der Waals surface area contributed by atoms with Gasteiger partial charge in [-0.25, -0.2) is 9.97 Å². The highest BCUT2D eigenvalue weighted by Crippen LogP contribution is 2.63. The van der Waals surface area contributed by atoms with Crippen molar-refractivity contribution in [1.29, 1.82) is 0 Å². The fourth-order valence-electron chi connectivity index (χ4n) is 5.95. The highest BCUT2D eigenvalue weighted by atomic mass is 35.5. The SMILES string of the molecule is Cc1csc(C2(CN)[C@@H]3CN(c4nc5[nH]nc(-c6ccc7nc(C)sc7c6Cl)c5c(=O)n4C)C[C@@H]32)n1. The summed E-state index contributed by atoms with van der Waals surface area (Å²) in [6, 6.07) is 3.78. The Hall–Kier alpha value is -2.86. The van der Waals surface area contributed by atoms with E-state index >= 15 is 0 Å². The molecule has 5 heterocycles. The lowest BCUT2D eigenvalue weighted by Gasteiger charge is -2.26. The van der Waals surface area contributed by atoms with Crippen LogP contribution in [0, 0.1) is 25.7 Å². The summed E-state index contributed by atoms with van der Waals surface area (Å²) >= 11 is 9.98. The van der Waals surface area contributed by atoms with Gasteiger partial charge in [0, 0.05) is 48.7 Å². The van der Waals surface area contributed by atoms with Gasteiger partial charge >= 0.3 is 0 Å². The molecular formula is C24H23ClN8OS2. The van der Waals surface area contributed by atoms with Crippen LogP contribution in [0.5, 0.6) is 0 Å². The highest BCUT2D eigenvalue weighted by Gasteiger charge is 2.69. The van der Waals surface area contributed by atoms with Crippen LogP contribution >= 0.6 is 34.3 Å². The second-order valence-corrected chi connectivity index (χ2v) is 12.2. The number of halogens is 1. The van der Waals surface area contributed by atoms with Crippen molar-refractivity contribution in [1.82, 2.24) is 29.7 Å². The second kappa shape index (κ2) is 7.58. The number of H-pyrrole nitrogens is 1. The first kappa shape index (κ1) is 22.3. The molecule has 0 spiro atoms. The van der Waals surface area contributed by atoms with Crippen molar-refractivity contribution in [2.24, 2.45) is 24.6 Å². The van der Waals surface area contributed by atoms with Gasteiger partial charge in [-0.1, -0.05) is 11.6 Å². The van der Waals surface area contributed by atoms with Crippen LogP contribution in [-0.2, 0) is 12.5 Å². The fraction of sp³-hybridized carbons (Fsp3) is 0.375. The number of hydrogen-bond acceptors (Lipinski definition) is 9. The zero-order chi connectivity index (χ0) is 24.9. The predicted molar refractivity (Wildman–Crippen MR) is 144 cm³/mol. The molecule has 3 N–H and O–H groups in total. The minimum absolute atomic E-state index is 0.0516. The topological polar surface area (TPSA) is 119 Å². The third kappa shape index (κ3) is 2.88. The van der Waals surface area contributed by atoms with E-state index in [0.29, 0.717) is 51.6 Å². The number of nitrogens with two attached hydrogens (primary N) is 1. The van der Waals surface area contributed by atoms with E-state index in [0.717, 1.165) is 39.0 Å². The molecule has 9 nitrogen and oxygen atoms in total. The lowest BCUT2D eigenvalue weighted by Crippen LogP contribution is -2.37. The average molecular weight is 539 g/mol. The molecule has 1 aliphatic heterocycles. The number of piperidine rings is 1. The number of hydrogen-bond donors (Lipinski definition) is 2. The summed E-state index contributed by atoms with van der Waals surface area (Å²) in [7, 11) is 1.77. The molecule has 4 aromatic heterocycles. The summed E-state index contributed by atoms with van der Waals surface area (Å²) < 4.78 is 2.51. The minimum Gasteiger partial charge on any atom is -0.341 e. The quantitative estimate of drug-likeness (QED) is 0.358. The molecular weight excluding hydrogens is 516 g/mol. The molecule has 0 amide bonds. The van der Waals surface area contributed by atoms with Gasteiger partial charge in [0.25, 0.3) is 5.56 Å². The van der Waals surface area contributed by atoms with E-state index < -0.39 is 0 Å².